The number of anilines is 2. The minimum Gasteiger partial charge on any atom is -0.356 e. The molecule has 8 nitrogen and oxygen atoms in total. The van der Waals surface area contributed by atoms with Gasteiger partial charge in [0.15, 0.2) is 0 Å². The Morgan fingerprint density at radius 3 is 2.49 bits per heavy atom. The molecule has 0 unspecified atom stereocenters. The van der Waals surface area contributed by atoms with E-state index in [1.807, 2.05) is 0 Å². The van der Waals surface area contributed by atoms with Crippen molar-refractivity contribution in [3.8, 4) is 0 Å². The number of rotatable bonds is 7. The number of halogens is 4. The quantitative estimate of drug-likeness (QED) is 0.460. The number of alkyl halides is 3. The molecule has 194 valence electrons. The molecule has 1 aromatic heterocycles. The third-order valence-corrected chi connectivity index (χ3v) is 7.95. The van der Waals surface area contributed by atoms with Crippen LogP contribution in [-0.2, 0) is 32.2 Å². The minimum atomic E-state index is -4.74. The first-order valence-electron chi connectivity index (χ1n) is 10.9. The Hall–Kier alpha value is -3.64. The zero-order valence-corrected chi connectivity index (χ0v) is 20.6. The van der Waals surface area contributed by atoms with Crippen LogP contribution >= 0.6 is 11.6 Å². The Balaban J connectivity index is 1.64. The molecule has 1 atom stereocenters. The van der Waals surface area contributed by atoms with Crippen molar-refractivity contribution in [1.29, 1.82) is 0 Å². The van der Waals surface area contributed by atoms with Crippen molar-refractivity contribution in [3.05, 3.63) is 83.1 Å². The predicted molar refractivity (Wildman–Crippen MR) is 131 cm³/mol. The van der Waals surface area contributed by atoms with Crippen LogP contribution in [0.2, 0.25) is 5.02 Å². The Labute approximate surface area is 215 Å². The van der Waals surface area contributed by atoms with Gasteiger partial charge < -0.3 is 10.6 Å². The Bertz CT molecular complexity index is 1440. The summed E-state index contributed by atoms with van der Waals surface area (Å²) < 4.78 is 67.4. The lowest BCUT2D eigenvalue weighted by Crippen LogP contribution is -2.52. The lowest BCUT2D eigenvalue weighted by molar-refractivity contribution is -0.137. The number of hydrogen-bond donors (Lipinski definition) is 2. The Kier molecular flexibility index (Phi) is 7.42. The third kappa shape index (κ3) is 5.70. The molecule has 0 spiro atoms. The van der Waals surface area contributed by atoms with Gasteiger partial charge in [-0.3, -0.25) is 18.9 Å². The first-order valence-corrected chi connectivity index (χ1v) is 12.8. The number of hydrogen-bond acceptors (Lipinski definition) is 5. The average Bonchev–Trinajstić information content (AvgIpc) is 2.84. The molecule has 2 heterocycles. The van der Waals surface area contributed by atoms with Crippen LogP contribution in [0.4, 0.5) is 24.5 Å². The molecule has 0 saturated carbocycles. The number of carbonyl (C=O) groups is 2. The van der Waals surface area contributed by atoms with Gasteiger partial charge >= 0.3 is 6.18 Å². The van der Waals surface area contributed by atoms with E-state index < -0.39 is 56.0 Å². The fourth-order valence-corrected chi connectivity index (χ4v) is 6.02. The lowest BCUT2D eigenvalue weighted by Gasteiger charge is -2.36. The summed E-state index contributed by atoms with van der Waals surface area (Å²) in [5.41, 5.74) is 0.000235. The molecule has 37 heavy (non-hydrogen) atoms. The second-order valence-corrected chi connectivity index (χ2v) is 10.3. The summed E-state index contributed by atoms with van der Waals surface area (Å²) in [5.74, 6) is -1.36. The maximum Gasteiger partial charge on any atom is 0.416 e. The van der Waals surface area contributed by atoms with E-state index in [2.05, 4.69) is 15.6 Å². The molecule has 4 rings (SSSR count). The molecule has 3 aromatic rings. The zero-order chi connectivity index (χ0) is 26.8. The number of fused-ring (bicyclic) bond motifs is 1. The summed E-state index contributed by atoms with van der Waals surface area (Å²) >= 11 is 5.99. The van der Waals surface area contributed by atoms with Gasteiger partial charge in [0.05, 0.1) is 28.4 Å². The normalized spacial score (nSPS) is 15.6. The number of amides is 2. The van der Waals surface area contributed by atoms with Crippen LogP contribution in [0.5, 0.6) is 0 Å². The zero-order valence-electron chi connectivity index (χ0n) is 19.0. The van der Waals surface area contributed by atoms with Crippen LogP contribution in [0.3, 0.4) is 0 Å². The molecule has 13 heteroatoms. The van der Waals surface area contributed by atoms with Crippen LogP contribution in [0.25, 0.3) is 0 Å². The molecule has 1 aliphatic heterocycles. The van der Waals surface area contributed by atoms with Gasteiger partial charge in [0.1, 0.15) is 10.9 Å². The minimum absolute atomic E-state index is 0.0488. The number of nitrogens with one attached hydrogen (secondary N) is 2. The van der Waals surface area contributed by atoms with E-state index in [4.69, 9.17) is 11.6 Å². The fourth-order valence-electron chi connectivity index (χ4n) is 3.87. The van der Waals surface area contributed by atoms with Crippen molar-refractivity contribution >= 4 is 44.8 Å². The predicted octanol–water partition coefficient (Wildman–Crippen LogP) is 4.02. The molecular weight excluding hydrogens is 533 g/mol. The summed E-state index contributed by atoms with van der Waals surface area (Å²) in [6.45, 7) is 0.227. The maximum atomic E-state index is 13.7. The van der Waals surface area contributed by atoms with Gasteiger partial charge in [0.25, 0.3) is 10.0 Å². The van der Waals surface area contributed by atoms with E-state index in [1.165, 1.54) is 18.2 Å². The summed E-state index contributed by atoms with van der Waals surface area (Å²) in [6, 6.07) is 9.86. The number of para-hydroxylation sites is 2. The lowest BCUT2D eigenvalue weighted by atomic mass is 10.1. The van der Waals surface area contributed by atoms with E-state index in [9.17, 15) is 31.2 Å². The van der Waals surface area contributed by atoms with Crippen molar-refractivity contribution in [1.82, 2.24) is 10.3 Å². The van der Waals surface area contributed by atoms with Gasteiger partial charge in [0.2, 0.25) is 11.8 Å². The average molecular weight is 553 g/mol. The van der Waals surface area contributed by atoms with Gasteiger partial charge in [-0.25, -0.2) is 8.42 Å². The van der Waals surface area contributed by atoms with Gasteiger partial charge in [0, 0.05) is 18.9 Å². The highest BCUT2D eigenvalue weighted by Gasteiger charge is 2.43. The van der Waals surface area contributed by atoms with Gasteiger partial charge in [-0.05, 0) is 54.4 Å². The van der Waals surface area contributed by atoms with E-state index in [0.29, 0.717) is 18.6 Å². The summed E-state index contributed by atoms with van der Waals surface area (Å²) in [7, 11) is -4.67. The molecule has 2 amide bonds. The van der Waals surface area contributed by atoms with Crippen molar-refractivity contribution in [2.45, 2.75) is 30.0 Å². The van der Waals surface area contributed by atoms with Crippen molar-refractivity contribution in [2.24, 2.45) is 0 Å². The maximum absolute atomic E-state index is 13.7. The van der Waals surface area contributed by atoms with Crippen LogP contribution in [0.1, 0.15) is 17.5 Å². The summed E-state index contributed by atoms with van der Waals surface area (Å²) in [5, 5.41) is 4.57. The first kappa shape index (κ1) is 26.4. The first-order chi connectivity index (χ1) is 17.5. The van der Waals surface area contributed by atoms with Crippen LogP contribution in [0.15, 0.2) is 71.9 Å². The molecule has 0 radical (unpaired) electrons. The molecule has 2 aromatic carbocycles. The van der Waals surface area contributed by atoms with E-state index in [0.717, 1.165) is 15.9 Å². The van der Waals surface area contributed by atoms with Gasteiger partial charge in [-0.15, -0.1) is 0 Å². The Morgan fingerprint density at radius 2 is 1.81 bits per heavy atom. The van der Waals surface area contributed by atoms with E-state index in [1.54, 1.807) is 30.6 Å². The monoisotopic (exact) mass is 552 g/mol. The molecule has 0 saturated heterocycles. The molecule has 0 fully saturated rings. The smallest absolute Gasteiger partial charge is 0.356 e. The molecule has 2 N–H and O–H groups in total. The van der Waals surface area contributed by atoms with Crippen molar-refractivity contribution < 1.29 is 31.2 Å². The van der Waals surface area contributed by atoms with Crippen molar-refractivity contribution in [3.63, 3.8) is 0 Å². The molecule has 1 aliphatic rings. The summed E-state index contributed by atoms with van der Waals surface area (Å²) in [6.07, 6.45) is -1.57. The SMILES string of the molecule is O=C(C[C@@H]1C(=O)Nc2ccccc2N1S(=O)(=O)c1ccc(C(F)(F)F)cc1Cl)NCCc1ccncc1. The Morgan fingerprint density at radius 1 is 1.11 bits per heavy atom. The number of nitrogens with zero attached hydrogens (tertiary/aromatic N) is 2. The summed E-state index contributed by atoms with van der Waals surface area (Å²) in [4.78, 5) is 29.0. The highest BCUT2D eigenvalue weighted by molar-refractivity contribution is 7.93. The molecule has 0 bridgehead atoms. The van der Waals surface area contributed by atoms with E-state index in [-0.39, 0.29) is 17.9 Å². The van der Waals surface area contributed by atoms with Crippen LogP contribution in [0, 0.1) is 0 Å². The topological polar surface area (TPSA) is 108 Å². The number of carbonyl (C=O) groups excluding carboxylic acids is 2. The second-order valence-electron chi connectivity index (χ2n) is 8.13. The van der Waals surface area contributed by atoms with E-state index >= 15 is 0 Å². The number of aromatic nitrogens is 1. The fraction of sp³-hybridized carbons (Fsp3) is 0.208. The van der Waals surface area contributed by atoms with Gasteiger partial charge in [-0.1, -0.05) is 23.7 Å². The second kappa shape index (κ2) is 10.4. The molecular formula is C24H20ClF3N4O4S. The highest BCUT2D eigenvalue weighted by atomic mass is 35.5. The highest BCUT2D eigenvalue weighted by Crippen LogP contribution is 2.40. The third-order valence-electron chi connectivity index (χ3n) is 5.65. The number of pyridine rings is 1. The van der Waals surface area contributed by atoms with Crippen molar-refractivity contribution in [2.75, 3.05) is 16.2 Å². The molecule has 0 aliphatic carbocycles. The standard InChI is InChI=1S/C24H20ClF3N4O4S/c25-17-13-16(24(26,27)28)5-6-21(17)37(35,36)32-19-4-2-1-3-18(19)31-23(34)20(32)14-22(33)30-12-9-15-7-10-29-11-8-15/h1-8,10-11,13,20H,9,12,14H2,(H,30,33)(H,31,34)/t20-/m1/s1. The number of sulfonamides is 1. The largest absolute Gasteiger partial charge is 0.416 e. The van der Waals surface area contributed by atoms with Crippen LogP contribution in [-0.4, -0.2) is 37.8 Å². The van der Waals surface area contributed by atoms with Crippen LogP contribution < -0.4 is 14.9 Å². The van der Waals surface area contributed by atoms with Gasteiger partial charge in [-0.2, -0.15) is 13.2 Å². The number of benzene rings is 2.